The van der Waals surface area contributed by atoms with E-state index in [0.29, 0.717) is 12.0 Å². The number of carbonyl (C=O) groups is 2. The number of carbonyl (C=O) groups excluding carboxylic acids is 1. The van der Waals surface area contributed by atoms with Crippen molar-refractivity contribution in [2.45, 2.75) is 52.0 Å². The number of carboxylic acids is 1. The van der Waals surface area contributed by atoms with E-state index in [1.54, 1.807) is 0 Å². The summed E-state index contributed by atoms with van der Waals surface area (Å²) in [6, 6.07) is 0.190. The average Bonchev–Trinajstić information content (AvgIpc) is 2.37. The molecule has 18 heavy (non-hydrogen) atoms. The van der Waals surface area contributed by atoms with Crippen LogP contribution in [0.25, 0.3) is 0 Å². The van der Waals surface area contributed by atoms with E-state index in [1.165, 1.54) is 6.42 Å². The fourth-order valence-electron chi connectivity index (χ4n) is 2.45. The lowest BCUT2D eigenvalue weighted by Gasteiger charge is -2.39. The first-order chi connectivity index (χ1) is 8.56. The van der Waals surface area contributed by atoms with Gasteiger partial charge >= 0.3 is 12.0 Å². The lowest BCUT2D eigenvalue weighted by Crippen LogP contribution is -2.51. The molecule has 0 aliphatic carbocycles. The van der Waals surface area contributed by atoms with Crippen LogP contribution >= 0.6 is 0 Å². The van der Waals surface area contributed by atoms with Gasteiger partial charge in [-0.05, 0) is 25.2 Å². The minimum atomic E-state index is -0.882. The van der Waals surface area contributed by atoms with Crippen LogP contribution in [0.15, 0.2) is 0 Å². The van der Waals surface area contributed by atoms with Crippen molar-refractivity contribution in [3.63, 3.8) is 0 Å². The van der Waals surface area contributed by atoms with Gasteiger partial charge < -0.3 is 15.3 Å². The molecule has 2 atom stereocenters. The van der Waals surface area contributed by atoms with Gasteiger partial charge in [0.2, 0.25) is 0 Å². The van der Waals surface area contributed by atoms with Crippen molar-refractivity contribution in [2.24, 2.45) is 5.92 Å². The van der Waals surface area contributed by atoms with Gasteiger partial charge in [-0.2, -0.15) is 0 Å². The van der Waals surface area contributed by atoms with E-state index in [9.17, 15) is 9.59 Å². The first kappa shape index (κ1) is 14.8. The number of nitrogens with zero attached hydrogens (tertiary/aromatic N) is 1. The van der Waals surface area contributed by atoms with Gasteiger partial charge in [-0.25, -0.2) is 4.79 Å². The molecular weight excluding hydrogens is 232 g/mol. The lowest BCUT2D eigenvalue weighted by molar-refractivity contribution is -0.136. The smallest absolute Gasteiger partial charge is 0.317 e. The predicted octanol–water partition coefficient (Wildman–Crippen LogP) is 2.07. The second-order valence-corrected chi connectivity index (χ2v) is 5.02. The van der Waals surface area contributed by atoms with Crippen LogP contribution in [0, 0.1) is 5.92 Å². The Bertz CT molecular complexity index is 294. The Morgan fingerprint density at radius 3 is 2.78 bits per heavy atom. The summed E-state index contributed by atoms with van der Waals surface area (Å²) in [5.74, 6) is -0.386. The Hall–Kier alpha value is -1.26. The molecule has 0 aromatic rings. The number of hydrogen-bond acceptors (Lipinski definition) is 2. The van der Waals surface area contributed by atoms with E-state index >= 15 is 0 Å². The van der Waals surface area contributed by atoms with Gasteiger partial charge in [0.25, 0.3) is 0 Å². The number of carboxylic acid groups (broad SMARTS) is 1. The first-order valence-corrected chi connectivity index (χ1v) is 6.82. The Morgan fingerprint density at radius 2 is 2.17 bits per heavy atom. The molecule has 0 saturated carbocycles. The van der Waals surface area contributed by atoms with Gasteiger partial charge in [0.15, 0.2) is 0 Å². The molecule has 1 rings (SSSR count). The van der Waals surface area contributed by atoms with Gasteiger partial charge in [-0.15, -0.1) is 0 Å². The molecule has 5 heteroatoms. The summed E-state index contributed by atoms with van der Waals surface area (Å²) >= 11 is 0. The Labute approximate surface area is 109 Å². The van der Waals surface area contributed by atoms with Crippen molar-refractivity contribution in [1.82, 2.24) is 10.2 Å². The third kappa shape index (κ3) is 4.20. The SMILES string of the molecule is CCC(C)C1CCCCN1C(=O)NCCC(=O)O. The van der Waals surface area contributed by atoms with E-state index < -0.39 is 5.97 Å². The standard InChI is InChI=1S/C13H24N2O3/c1-3-10(2)11-6-4-5-9-15(11)13(18)14-8-7-12(16)17/h10-11H,3-9H2,1-2H3,(H,14,18)(H,16,17). The third-order valence-electron chi connectivity index (χ3n) is 3.73. The summed E-state index contributed by atoms with van der Waals surface area (Å²) in [7, 11) is 0. The average molecular weight is 256 g/mol. The van der Waals surface area contributed by atoms with Crippen LogP contribution in [0.5, 0.6) is 0 Å². The largest absolute Gasteiger partial charge is 0.481 e. The number of hydrogen-bond donors (Lipinski definition) is 2. The molecule has 0 radical (unpaired) electrons. The molecule has 0 spiro atoms. The summed E-state index contributed by atoms with van der Waals surface area (Å²) in [5.41, 5.74) is 0. The van der Waals surface area contributed by atoms with Crippen LogP contribution in [-0.2, 0) is 4.79 Å². The number of nitrogens with one attached hydrogen (secondary N) is 1. The Morgan fingerprint density at radius 1 is 1.44 bits per heavy atom. The van der Waals surface area contributed by atoms with Gasteiger partial charge in [-0.1, -0.05) is 20.3 Å². The highest BCUT2D eigenvalue weighted by molar-refractivity contribution is 5.75. The minimum Gasteiger partial charge on any atom is -0.481 e. The molecule has 0 bridgehead atoms. The van der Waals surface area contributed by atoms with Crippen LogP contribution in [0.3, 0.4) is 0 Å². The quantitative estimate of drug-likeness (QED) is 0.791. The van der Waals surface area contributed by atoms with Gasteiger partial charge in [0.1, 0.15) is 0 Å². The molecule has 1 saturated heterocycles. The van der Waals surface area contributed by atoms with E-state index in [0.717, 1.165) is 25.8 Å². The maximum absolute atomic E-state index is 12.0. The molecule has 1 aliphatic heterocycles. The Balaban J connectivity index is 2.49. The van der Waals surface area contributed by atoms with Crippen LogP contribution in [-0.4, -0.2) is 41.1 Å². The van der Waals surface area contributed by atoms with Crippen LogP contribution in [0.4, 0.5) is 4.79 Å². The van der Waals surface area contributed by atoms with Crippen LogP contribution < -0.4 is 5.32 Å². The topological polar surface area (TPSA) is 69.6 Å². The molecule has 104 valence electrons. The van der Waals surface area contributed by atoms with Crippen LogP contribution in [0.2, 0.25) is 0 Å². The van der Waals surface area contributed by atoms with Gasteiger partial charge in [-0.3, -0.25) is 4.79 Å². The Kier molecular flexibility index (Phi) is 5.95. The molecule has 2 unspecified atom stereocenters. The summed E-state index contributed by atoms with van der Waals surface area (Å²) in [6.07, 6.45) is 4.31. The number of urea groups is 1. The van der Waals surface area contributed by atoms with Crippen molar-refractivity contribution in [3.05, 3.63) is 0 Å². The summed E-state index contributed by atoms with van der Waals surface area (Å²) in [4.78, 5) is 24.3. The minimum absolute atomic E-state index is 0.0203. The van der Waals surface area contributed by atoms with Crippen molar-refractivity contribution in [3.8, 4) is 0 Å². The highest BCUT2D eigenvalue weighted by Crippen LogP contribution is 2.25. The summed E-state index contributed by atoms with van der Waals surface area (Å²) in [6.45, 7) is 5.30. The second-order valence-electron chi connectivity index (χ2n) is 5.02. The number of piperidine rings is 1. The highest BCUT2D eigenvalue weighted by Gasteiger charge is 2.29. The molecule has 1 heterocycles. The number of amides is 2. The zero-order chi connectivity index (χ0) is 13.5. The third-order valence-corrected chi connectivity index (χ3v) is 3.73. The number of rotatable bonds is 5. The molecule has 0 aromatic carbocycles. The lowest BCUT2D eigenvalue weighted by atomic mass is 9.90. The van der Waals surface area contributed by atoms with Gasteiger partial charge in [0, 0.05) is 19.1 Å². The van der Waals surface area contributed by atoms with E-state index in [1.807, 2.05) is 4.90 Å². The highest BCUT2D eigenvalue weighted by atomic mass is 16.4. The number of likely N-dealkylation sites (tertiary alicyclic amines) is 1. The zero-order valence-corrected chi connectivity index (χ0v) is 11.3. The second kappa shape index (κ2) is 7.24. The molecule has 5 nitrogen and oxygen atoms in total. The molecular formula is C13H24N2O3. The number of aliphatic carboxylic acids is 1. The zero-order valence-electron chi connectivity index (χ0n) is 11.3. The van der Waals surface area contributed by atoms with Crippen molar-refractivity contribution in [1.29, 1.82) is 0 Å². The summed E-state index contributed by atoms with van der Waals surface area (Å²) < 4.78 is 0. The molecule has 1 fully saturated rings. The van der Waals surface area contributed by atoms with E-state index in [4.69, 9.17) is 5.11 Å². The van der Waals surface area contributed by atoms with Crippen molar-refractivity contribution >= 4 is 12.0 Å². The van der Waals surface area contributed by atoms with E-state index in [-0.39, 0.29) is 19.0 Å². The molecule has 2 N–H and O–H groups in total. The fourth-order valence-corrected chi connectivity index (χ4v) is 2.45. The normalized spacial score (nSPS) is 21.4. The maximum Gasteiger partial charge on any atom is 0.317 e. The molecule has 2 amide bonds. The monoisotopic (exact) mass is 256 g/mol. The predicted molar refractivity (Wildman–Crippen MR) is 69.5 cm³/mol. The van der Waals surface area contributed by atoms with Crippen molar-refractivity contribution in [2.75, 3.05) is 13.1 Å². The summed E-state index contributed by atoms with van der Waals surface area (Å²) in [5, 5.41) is 11.2. The molecule has 0 aromatic heterocycles. The fraction of sp³-hybridized carbons (Fsp3) is 0.846. The first-order valence-electron chi connectivity index (χ1n) is 6.82. The van der Waals surface area contributed by atoms with Gasteiger partial charge in [0.05, 0.1) is 6.42 Å². The maximum atomic E-state index is 12.0. The van der Waals surface area contributed by atoms with Crippen molar-refractivity contribution < 1.29 is 14.7 Å². The molecule has 1 aliphatic rings. The van der Waals surface area contributed by atoms with Crippen LogP contribution in [0.1, 0.15) is 46.0 Å². The van der Waals surface area contributed by atoms with E-state index in [2.05, 4.69) is 19.2 Å².